The largest absolute Gasteiger partial charge is 0.465 e. The number of carbonyl (C=O) groups excluding carboxylic acids is 1. The zero-order valence-electron chi connectivity index (χ0n) is 12.5. The fraction of sp³-hybridized carbons (Fsp3) is 0.500. The summed E-state index contributed by atoms with van der Waals surface area (Å²) < 4.78 is 4.63. The summed E-state index contributed by atoms with van der Waals surface area (Å²) in [5, 5.41) is 10.0. The van der Waals surface area contributed by atoms with Crippen molar-refractivity contribution in [1.29, 1.82) is 0 Å². The van der Waals surface area contributed by atoms with E-state index in [2.05, 4.69) is 20.0 Å². The molecular formula is C14H22N4O2. The second-order valence-corrected chi connectivity index (χ2v) is 4.77. The number of methoxy groups -OCH3 is 1. The standard InChI is InChI=1S/C14H22N4O2/c1-17(2)10-5-11-18(3)16-15-13-8-6-12(7-9-13)14(19)20-4/h6-9H,5,10-11H2,1-4H3. The van der Waals surface area contributed by atoms with Gasteiger partial charge in [-0.15, -0.1) is 5.11 Å². The van der Waals surface area contributed by atoms with Crippen LogP contribution in [0.3, 0.4) is 0 Å². The van der Waals surface area contributed by atoms with Crippen molar-refractivity contribution in [3.05, 3.63) is 29.8 Å². The Hall–Kier alpha value is -1.95. The van der Waals surface area contributed by atoms with Crippen LogP contribution in [0.25, 0.3) is 0 Å². The highest BCUT2D eigenvalue weighted by Crippen LogP contribution is 2.14. The third-order valence-electron chi connectivity index (χ3n) is 2.69. The van der Waals surface area contributed by atoms with Crippen LogP contribution in [0.4, 0.5) is 5.69 Å². The monoisotopic (exact) mass is 278 g/mol. The number of carbonyl (C=O) groups is 1. The molecule has 1 aromatic carbocycles. The number of ether oxygens (including phenoxy) is 1. The van der Waals surface area contributed by atoms with Crippen LogP contribution in [0.5, 0.6) is 0 Å². The molecule has 0 bridgehead atoms. The molecule has 0 spiro atoms. The first-order valence-corrected chi connectivity index (χ1v) is 6.49. The molecule has 6 nitrogen and oxygen atoms in total. The lowest BCUT2D eigenvalue weighted by Crippen LogP contribution is -2.19. The molecule has 0 aliphatic rings. The van der Waals surface area contributed by atoms with Crippen molar-refractivity contribution >= 4 is 11.7 Å². The van der Waals surface area contributed by atoms with Gasteiger partial charge in [0.2, 0.25) is 0 Å². The Labute approximate surface area is 120 Å². The zero-order valence-corrected chi connectivity index (χ0v) is 12.5. The number of hydrogen-bond donors (Lipinski definition) is 0. The van der Waals surface area contributed by atoms with E-state index in [1.54, 1.807) is 29.3 Å². The Morgan fingerprint density at radius 2 is 1.80 bits per heavy atom. The van der Waals surface area contributed by atoms with Crippen molar-refractivity contribution in [2.75, 3.05) is 41.3 Å². The van der Waals surface area contributed by atoms with Crippen LogP contribution in [0.2, 0.25) is 0 Å². The van der Waals surface area contributed by atoms with Crippen molar-refractivity contribution in [3.63, 3.8) is 0 Å². The highest BCUT2D eigenvalue weighted by Gasteiger charge is 2.03. The first kappa shape index (κ1) is 16.1. The maximum Gasteiger partial charge on any atom is 0.337 e. The number of benzene rings is 1. The molecule has 20 heavy (non-hydrogen) atoms. The Morgan fingerprint density at radius 1 is 1.15 bits per heavy atom. The maximum atomic E-state index is 11.3. The molecule has 0 aromatic heterocycles. The van der Waals surface area contributed by atoms with E-state index in [4.69, 9.17) is 0 Å². The summed E-state index contributed by atoms with van der Waals surface area (Å²) in [4.78, 5) is 13.4. The molecule has 1 rings (SSSR count). The molecule has 0 unspecified atom stereocenters. The van der Waals surface area contributed by atoms with Gasteiger partial charge in [0.05, 0.1) is 18.4 Å². The van der Waals surface area contributed by atoms with E-state index in [0.717, 1.165) is 19.5 Å². The molecule has 0 atom stereocenters. The molecule has 0 aliphatic carbocycles. The Kier molecular flexibility index (Phi) is 6.66. The second-order valence-electron chi connectivity index (χ2n) is 4.77. The van der Waals surface area contributed by atoms with Gasteiger partial charge in [0.1, 0.15) is 0 Å². The zero-order chi connectivity index (χ0) is 15.0. The van der Waals surface area contributed by atoms with Crippen LogP contribution in [-0.4, -0.2) is 57.2 Å². The van der Waals surface area contributed by atoms with Gasteiger partial charge in [-0.05, 0) is 51.3 Å². The summed E-state index contributed by atoms with van der Waals surface area (Å²) in [6, 6.07) is 6.82. The fourth-order valence-corrected chi connectivity index (χ4v) is 1.57. The van der Waals surface area contributed by atoms with Gasteiger partial charge in [-0.3, -0.25) is 5.01 Å². The molecule has 6 heteroatoms. The Balaban J connectivity index is 2.47. The van der Waals surface area contributed by atoms with Gasteiger partial charge in [0.25, 0.3) is 0 Å². The SMILES string of the molecule is COC(=O)c1ccc(N=NN(C)CCCN(C)C)cc1. The van der Waals surface area contributed by atoms with E-state index < -0.39 is 0 Å². The van der Waals surface area contributed by atoms with Gasteiger partial charge in [-0.25, -0.2) is 4.79 Å². The van der Waals surface area contributed by atoms with E-state index in [-0.39, 0.29) is 5.97 Å². The summed E-state index contributed by atoms with van der Waals surface area (Å²) in [5.74, 6) is -0.353. The van der Waals surface area contributed by atoms with Crippen LogP contribution >= 0.6 is 0 Å². The molecule has 1 aromatic rings. The predicted octanol–water partition coefficient (Wildman–Crippen LogP) is 2.36. The minimum absolute atomic E-state index is 0.353. The Morgan fingerprint density at radius 3 is 2.35 bits per heavy atom. The van der Waals surface area contributed by atoms with Crippen molar-refractivity contribution in [1.82, 2.24) is 9.91 Å². The van der Waals surface area contributed by atoms with Crippen molar-refractivity contribution in [3.8, 4) is 0 Å². The minimum Gasteiger partial charge on any atom is -0.465 e. The average molecular weight is 278 g/mol. The van der Waals surface area contributed by atoms with Crippen LogP contribution in [-0.2, 0) is 4.74 Å². The predicted molar refractivity (Wildman–Crippen MR) is 78.1 cm³/mol. The van der Waals surface area contributed by atoms with E-state index in [1.807, 2.05) is 21.1 Å². The topological polar surface area (TPSA) is 57.5 Å². The van der Waals surface area contributed by atoms with Gasteiger partial charge < -0.3 is 9.64 Å². The van der Waals surface area contributed by atoms with Crippen molar-refractivity contribution in [2.45, 2.75) is 6.42 Å². The molecular weight excluding hydrogens is 256 g/mol. The summed E-state index contributed by atoms with van der Waals surface area (Å²) in [6.45, 7) is 1.87. The minimum atomic E-state index is -0.353. The summed E-state index contributed by atoms with van der Waals surface area (Å²) in [6.07, 6.45) is 1.03. The second kappa shape index (κ2) is 8.27. The lowest BCUT2D eigenvalue weighted by molar-refractivity contribution is 0.0601. The fourth-order valence-electron chi connectivity index (χ4n) is 1.57. The lowest BCUT2D eigenvalue weighted by atomic mass is 10.2. The molecule has 0 saturated carbocycles. The van der Waals surface area contributed by atoms with Crippen LogP contribution in [0.15, 0.2) is 34.6 Å². The number of hydrogen-bond acceptors (Lipinski definition) is 5. The third kappa shape index (κ3) is 5.79. The highest BCUT2D eigenvalue weighted by molar-refractivity contribution is 5.89. The van der Waals surface area contributed by atoms with E-state index in [0.29, 0.717) is 11.3 Å². The van der Waals surface area contributed by atoms with Gasteiger partial charge in [-0.1, -0.05) is 5.22 Å². The summed E-state index contributed by atoms with van der Waals surface area (Å²) in [5.41, 5.74) is 1.21. The molecule has 0 amide bonds. The quantitative estimate of drug-likeness (QED) is 0.436. The molecule has 0 radical (unpaired) electrons. The van der Waals surface area contributed by atoms with Gasteiger partial charge in [0.15, 0.2) is 0 Å². The molecule has 0 saturated heterocycles. The average Bonchev–Trinajstić information content (AvgIpc) is 2.44. The molecule has 0 heterocycles. The normalized spacial score (nSPS) is 11.1. The number of rotatable bonds is 7. The summed E-state index contributed by atoms with van der Waals surface area (Å²) in [7, 11) is 7.34. The molecule has 110 valence electrons. The van der Waals surface area contributed by atoms with Crippen molar-refractivity contribution < 1.29 is 9.53 Å². The number of nitrogens with zero attached hydrogens (tertiary/aromatic N) is 4. The first-order chi connectivity index (χ1) is 9.52. The molecule has 0 fully saturated rings. The molecule has 0 N–H and O–H groups in total. The van der Waals surface area contributed by atoms with Crippen LogP contribution < -0.4 is 0 Å². The number of esters is 1. The summed E-state index contributed by atoms with van der Waals surface area (Å²) >= 11 is 0. The van der Waals surface area contributed by atoms with Gasteiger partial charge >= 0.3 is 5.97 Å². The van der Waals surface area contributed by atoms with Crippen LogP contribution in [0.1, 0.15) is 16.8 Å². The Bertz CT molecular complexity index is 443. The van der Waals surface area contributed by atoms with Crippen LogP contribution in [0, 0.1) is 0 Å². The van der Waals surface area contributed by atoms with Crippen molar-refractivity contribution in [2.24, 2.45) is 10.3 Å². The van der Waals surface area contributed by atoms with Gasteiger partial charge in [-0.2, -0.15) is 0 Å². The van der Waals surface area contributed by atoms with Gasteiger partial charge in [0, 0.05) is 13.6 Å². The smallest absolute Gasteiger partial charge is 0.337 e. The third-order valence-corrected chi connectivity index (χ3v) is 2.69. The maximum absolute atomic E-state index is 11.3. The lowest BCUT2D eigenvalue weighted by Gasteiger charge is -2.13. The van der Waals surface area contributed by atoms with E-state index in [1.165, 1.54) is 7.11 Å². The van der Waals surface area contributed by atoms with E-state index >= 15 is 0 Å². The highest BCUT2D eigenvalue weighted by atomic mass is 16.5. The molecule has 0 aliphatic heterocycles. The van der Waals surface area contributed by atoms with E-state index in [9.17, 15) is 4.79 Å². The first-order valence-electron chi connectivity index (χ1n) is 6.49.